The average molecular weight is 1230 g/mol. The van der Waals surface area contributed by atoms with E-state index in [-0.39, 0.29) is 18.5 Å². The zero-order valence-corrected chi connectivity index (χ0v) is 57.3. The average Bonchev–Trinajstić information content (AvgIpc) is 2.27. The van der Waals surface area contributed by atoms with Crippen LogP contribution < -0.4 is 5.32 Å². The summed E-state index contributed by atoms with van der Waals surface area (Å²) in [6.07, 6.45) is 73.6. The number of allylic oxidation sites excluding steroid dienone is 3. The molecule has 1 fully saturated rings. The first-order valence-electron chi connectivity index (χ1n) is 38.1. The van der Waals surface area contributed by atoms with E-state index >= 15 is 0 Å². The number of unbranched alkanes of at least 4 members (excludes halogenated alkanes) is 52. The molecule has 0 spiro atoms. The Bertz CT molecular complexity index is 1490. The first-order chi connectivity index (χ1) is 42.7. The van der Waals surface area contributed by atoms with Crippen LogP contribution in [0.3, 0.4) is 0 Å². The molecular formula is C76H145NO10. The van der Waals surface area contributed by atoms with Crippen molar-refractivity contribution in [3.8, 4) is 0 Å². The Kier molecular flexibility index (Phi) is 62.7. The van der Waals surface area contributed by atoms with Gasteiger partial charge in [-0.1, -0.05) is 353 Å². The monoisotopic (exact) mass is 1230 g/mol. The number of aliphatic hydroxyl groups is 5. The molecular weight excluding hydrogens is 1090 g/mol. The molecule has 1 heterocycles. The summed E-state index contributed by atoms with van der Waals surface area (Å²) in [4.78, 5) is 25.1. The van der Waals surface area contributed by atoms with Gasteiger partial charge in [0, 0.05) is 12.8 Å². The Morgan fingerprint density at radius 1 is 0.414 bits per heavy atom. The summed E-state index contributed by atoms with van der Waals surface area (Å²) in [5, 5.41) is 54.4. The molecule has 11 nitrogen and oxygen atoms in total. The van der Waals surface area contributed by atoms with Crippen LogP contribution in [0.2, 0.25) is 0 Å². The third kappa shape index (κ3) is 54.4. The number of carbonyl (C=O) groups excluding carboxylic acids is 2. The highest BCUT2D eigenvalue weighted by Gasteiger charge is 2.44. The molecule has 1 amide bonds. The molecule has 87 heavy (non-hydrogen) atoms. The van der Waals surface area contributed by atoms with Gasteiger partial charge in [-0.15, -0.1) is 0 Å². The second kappa shape index (κ2) is 65.6. The first kappa shape index (κ1) is 83.2. The van der Waals surface area contributed by atoms with Crippen LogP contribution in [0, 0.1) is 0 Å². The maximum absolute atomic E-state index is 13.0. The standard InChI is InChI=1S/C76H145NO10/c1-3-5-7-9-11-13-42-46-50-54-58-62-69(79)68(67-86-76-75(84)74(83)73(82)70(66-78)87-76)77-71(80)63-59-55-51-47-44-40-38-36-34-32-30-28-26-24-22-20-18-16-15-17-19-21-23-25-27-29-31-33-35-37-39-41-45-49-53-57-61-65-85-72(81)64-60-56-52-48-43-14-12-10-8-6-4-2/h42,46,58,62,68-70,73-76,78-79,82-84H,3-41,43-45,47-57,59-61,63-67H2,1-2H3,(H,77,80)/b46-42+,62-58+. The van der Waals surface area contributed by atoms with Gasteiger partial charge in [-0.05, 0) is 44.9 Å². The zero-order chi connectivity index (χ0) is 63.0. The van der Waals surface area contributed by atoms with E-state index in [4.69, 9.17) is 14.2 Å². The molecule has 0 aromatic rings. The maximum atomic E-state index is 13.0. The van der Waals surface area contributed by atoms with E-state index in [2.05, 4.69) is 31.3 Å². The molecule has 0 radical (unpaired) electrons. The second-order valence-electron chi connectivity index (χ2n) is 26.7. The number of hydrogen-bond acceptors (Lipinski definition) is 10. The van der Waals surface area contributed by atoms with Gasteiger partial charge < -0.3 is 45.1 Å². The number of hydrogen-bond donors (Lipinski definition) is 6. The van der Waals surface area contributed by atoms with Crippen molar-refractivity contribution in [2.45, 2.75) is 429 Å². The molecule has 0 bridgehead atoms. The largest absolute Gasteiger partial charge is 0.466 e. The summed E-state index contributed by atoms with van der Waals surface area (Å²) >= 11 is 0. The third-order valence-corrected chi connectivity index (χ3v) is 18.3. The summed E-state index contributed by atoms with van der Waals surface area (Å²) in [6.45, 7) is 4.35. The Hall–Kier alpha value is -1.86. The van der Waals surface area contributed by atoms with Crippen LogP contribution in [0.1, 0.15) is 386 Å². The van der Waals surface area contributed by atoms with Crippen LogP contribution >= 0.6 is 0 Å². The summed E-state index contributed by atoms with van der Waals surface area (Å²) < 4.78 is 16.7. The number of rotatable bonds is 68. The lowest BCUT2D eigenvalue weighted by Gasteiger charge is -2.40. The van der Waals surface area contributed by atoms with E-state index in [1.807, 2.05) is 6.08 Å². The van der Waals surface area contributed by atoms with Crippen molar-refractivity contribution < 1.29 is 49.3 Å². The third-order valence-electron chi connectivity index (χ3n) is 18.3. The minimum Gasteiger partial charge on any atom is -0.466 e. The second-order valence-corrected chi connectivity index (χ2v) is 26.7. The van der Waals surface area contributed by atoms with Gasteiger partial charge in [0.25, 0.3) is 0 Å². The lowest BCUT2D eigenvalue weighted by atomic mass is 9.99. The Balaban J connectivity index is 1.88. The highest BCUT2D eigenvalue weighted by atomic mass is 16.7. The predicted octanol–water partition coefficient (Wildman–Crippen LogP) is 20.0. The first-order valence-corrected chi connectivity index (χ1v) is 38.1. The maximum Gasteiger partial charge on any atom is 0.305 e. The normalized spacial score (nSPS) is 17.9. The molecule has 0 aromatic heterocycles. The molecule has 1 saturated heterocycles. The number of amides is 1. The van der Waals surface area contributed by atoms with Crippen molar-refractivity contribution in [3.63, 3.8) is 0 Å². The Labute approximate surface area is 537 Å². The SMILES string of the molecule is CCCCCCC/C=C/CC/C=C/C(O)C(COC1OC(CO)C(O)C(O)C1O)NC(=O)CCCCCCCCCCCCCCCCCCCCCCCCCCCCCCCCCCCCCCCOC(=O)CCCCCCCCCCCCC. The number of nitrogens with one attached hydrogen (secondary N) is 1. The lowest BCUT2D eigenvalue weighted by molar-refractivity contribution is -0.302. The number of esters is 1. The molecule has 1 rings (SSSR count). The van der Waals surface area contributed by atoms with Crippen molar-refractivity contribution >= 4 is 11.9 Å². The van der Waals surface area contributed by atoms with Gasteiger partial charge in [0.2, 0.25) is 5.91 Å². The van der Waals surface area contributed by atoms with E-state index < -0.39 is 49.5 Å². The number of ether oxygens (including phenoxy) is 3. The van der Waals surface area contributed by atoms with Crippen LogP contribution in [0.15, 0.2) is 24.3 Å². The van der Waals surface area contributed by atoms with Crippen molar-refractivity contribution in [3.05, 3.63) is 24.3 Å². The summed E-state index contributed by atoms with van der Waals surface area (Å²) in [6, 6.07) is -0.822. The fourth-order valence-electron chi connectivity index (χ4n) is 12.3. The highest BCUT2D eigenvalue weighted by molar-refractivity contribution is 5.76. The van der Waals surface area contributed by atoms with Crippen molar-refractivity contribution in [2.75, 3.05) is 19.8 Å². The van der Waals surface area contributed by atoms with E-state index in [0.717, 1.165) is 51.4 Å². The van der Waals surface area contributed by atoms with Gasteiger partial charge in [-0.2, -0.15) is 0 Å². The van der Waals surface area contributed by atoms with Crippen molar-refractivity contribution in [1.29, 1.82) is 0 Å². The molecule has 0 aliphatic carbocycles. The number of carbonyl (C=O) groups is 2. The highest BCUT2D eigenvalue weighted by Crippen LogP contribution is 2.24. The van der Waals surface area contributed by atoms with Crippen LogP contribution in [0.4, 0.5) is 0 Å². The van der Waals surface area contributed by atoms with Gasteiger partial charge in [0.05, 0.1) is 32.0 Å². The Morgan fingerprint density at radius 2 is 0.747 bits per heavy atom. The predicted molar refractivity (Wildman–Crippen MR) is 366 cm³/mol. The van der Waals surface area contributed by atoms with E-state index in [0.29, 0.717) is 19.4 Å². The molecule has 514 valence electrons. The van der Waals surface area contributed by atoms with Gasteiger partial charge in [-0.3, -0.25) is 9.59 Å². The molecule has 6 N–H and O–H groups in total. The van der Waals surface area contributed by atoms with Crippen LogP contribution in [0.5, 0.6) is 0 Å². The molecule has 11 heteroatoms. The molecule has 1 aliphatic rings. The fraction of sp³-hybridized carbons (Fsp3) is 0.921. The molecule has 7 unspecified atom stereocenters. The molecule has 0 aromatic carbocycles. The molecule has 1 aliphatic heterocycles. The summed E-state index contributed by atoms with van der Waals surface area (Å²) in [7, 11) is 0. The van der Waals surface area contributed by atoms with Crippen LogP contribution in [0.25, 0.3) is 0 Å². The van der Waals surface area contributed by atoms with Gasteiger partial charge in [-0.25, -0.2) is 0 Å². The summed E-state index contributed by atoms with van der Waals surface area (Å²) in [5.74, 6) is -0.168. The van der Waals surface area contributed by atoms with Crippen LogP contribution in [-0.2, 0) is 23.8 Å². The summed E-state index contributed by atoms with van der Waals surface area (Å²) in [5.41, 5.74) is 0. The van der Waals surface area contributed by atoms with Gasteiger partial charge in [0.1, 0.15) is 24.4 Å². The topological polar surface area (TPSA) is 175 Å². The molecule has 0 saturated carbocycles. The quantitative estimate of drug-likeness (QED) is 0.0195. The van der Waals surface area contributed by atoms with Crippen molar-refractivity contribution in [2.24, 2.45) is 0 Å². The fourth-order valence-corrected chi connectivity index (χ4v) is 12.3. The van der Waals surface area contributed by atoms with Gasteiger partial charge >= 0.3 is 5.97 Å². The minimum atomic E-state index is -1.57. The van der Waals surface area contributed by atoms with Crippen LogP contribution in [-0.4, -0.2) is 100 Å². The van der Waals surface area contributed by atoms with E-state index in [1.54, 1.807) is 6.08 Å². The minimum absolute atomic E-state index is 0.0173. The lowest BCUT2D eigenvalue weighted by Crippen LogP contribution is -2.60. The zero-order valence-electron chi connectivity index (χ0n) is 57.3. The van der Waals surface area contributed by atoms with Crippen molar-refractivity contribution in [1.82, 2.24) is 5.32 Å². The van der Waals surface area contributed by atoms with Gasteiger partial charge in [0.15, 0.2) is 6.29 Å². The Morgan fingerprint density at radius 3 is 1.14 bits per heavy atom. The number of aliphatic hydroxyl groups excluding tert-OH is 5. The smallest absolute Gasteiger partial charge is 0.305 e. The van der Waals surface area contributed by atoms with E-state index in [1.165, 1.54) is 308 Å². The molecule has 7 atom stereocenters. The van der Waals surface area contributed by atoms with E-state index in [9.17, 15) is 35.1 Å².